The Labute approximate surface area is 434 Å². The first-order valence-electron chi connectivity index (χ1n) is 23.1. The maximum Gasteiger partial charge on any atom is 0.269 e. The van der Waals surface area contributed by atoms with Gasteiger partial charge in [0.15, 0.2) is 11.4 Å². The molecule has 0 saturated carbocycles. The van der Waals surface area contributed by atoms with Crippen molar-refractivity contribution in [2.45, 2.75) is 98.5 Å². The lowest BCUT2D eigenvalue weighted by Crippen LogP contribution is -2.21. The quantitative estimate of drug-likeness (QED) is 0.0786. The van der Waals surface area contributed by atoms with Crippen LogP contribution in [-0.2, 0) is 4.74 Å². The van der Waals surface area contributed by atoms with Crippen LogP contribution >= 0.6 is 69.1 Å². The number of carbonyl (C=O) groups excluding carboxylic acids is 2. The largest absolute Gasteiger partial charge is 0.366 e. The third-order valence-electron chi connectivity index (χ3n) is 10.6. The number of piperidine rings is 2. The predicted molar refractivity (Wildman–Crippen MR) is 288 cm³/mol. The molecule has 0 unspecified atom stereocenters. The number of thiophene rings is 2. The van der Waals surface area contributed by atoms with E-state index in [9.17, 15) is 9.59 Å². The van der Waals surface area contributed by atoms with Crippen molar-refractivity contribution >= 4 is 80.9 Å². The Bertz CT molecular complexity index is 2750. The Kier molecular flexibility index (Phi) is 22.7. The number of amides is 2. The average Bonchev–Trinajstić information content (AvgIpc) is 4.14. The number of rotatable bonds is 10. The summed E-state index contributed by atoms with van der Waals surface area (Å²) in [4.78, 5) is 27.4. The van der Waals surface area contributed by atoms with E-state index in [-0.39, 0.29) is 17.5 Å². The summed E-state index contributed by atoms with van der Waals surface area (Å²) in [5, 5.41) is 17.3. The maximum absolute atomic E-state index is 11.9. The van der Waals surface area contributed by atoms with Crippen LogP contribution in [0.15, 0.2) is 60.7 Å². The van der Waals surface area contributed by atoms with Gasteiger partial charge in [-0.3, -0.25) is 9.59 Å². The number of benzene rings is 2. The number of nitrogens with one attached hydrogen (secondary N) is 2. The summed E-state index contributed by atoms with van der Waals surface area (Å²) in [6, 6.07) is 18.0. The van der Waals surface area contributed by atoms with Crippen LogP contribution in [0, 0.1) is 37.5 Å². The zero-order chi connectivity index (χ0) is 49.9. The summed E-state index contributed by atoms with van der Waals surface area (Å²) in [5.41, 5.74) is 15.6. The second kappa shape index (κ2) is 28.3. The van der Waals surface area contributed by atoms with Crippen molar-refractivity contribution in [3.63, 3.8) is 0 Å². The lowest BCUT2D eigenvalue weighted by molar-refractivity contribution is 0.0986. The Morgan fingerprint density at radius 2 is 1.12 bits per heavy atom. The van der Waals surface area contributed by atoms with Gasteiger partial charge in [-0.2, -0.15) is 10.2 Å². The summed E-state index contributed by atoms with van der Waals surface area (Å²) in [7, 11) is 0. The van der Waals surface area contributed by atoms with Gasteiger partial charge in [0.05, 0.1) is 58.4 Å². The molecule has 2 aliphatic rings. The van der Waals surface area contributed by atoms with Gasteiger partial charge in [0.1, 0.15) is 6.61 Å². The zero-order valence-electron chi connectivity index (χ0n) is 39.7. The summed E-state index contributed by atoms with van der Waals surface area (Å²) in [5.74, 6) is 11.3. The minimum absolute atomic E-state index is 0.136. The molecule has 2 amide bonds. The number of hydrogen-bond acceptors (Lipinski definition) is 9. The third-order valence-corrected chi connectivity index (χ3v) is 13.7. The zero-order valence-corrected chi connectivity index (χ0v) is 44.4. The van der Waals surface area contributed by atoms with Gasteiger partial charge in [0, 0.05) is 27.6 Å². The molecule has 0 aliphatic carbocycles. The van der Waals surface area contributed by atoms with Gasteiger partial charge in [-0.15, -0.1) is 22.7 Å². The predicted octanol–water partition coefficient (Wildman–Crippen LogP) is 12.5. The van der Waals surface area contributed by atoms with Crippen molar-refractivity contribution in [2.24, 2.45) is 11.5 Å². The molecule has 2 fully saturated rings. The fraction of sp³-hybridized carbons (Fsp3) is 0.385. The number of nitrogens with two attached hydrogens (primary N) is 2. The molecule has 366 valence electrons. The number of carbonyl (C=O) groups is 2. The van der Waals surface area contributed by atoms with Gasteiger partial charge in [-0.05, 0) is 147 Å². The lowest BCUT2D eigenvalue weighted by atomic mass is 10.1. The van der Waals surface area contributed by atoms with Gasteiger partial charge < -0.3 is 26.8 Å². The first kappa shape index (κ1) is 55.3. The fourth-order valence-electron chi connectivity index (χ4n) is 7.11. The first-order chi connectivity index (χ1) is 33.2. The molecular weight excluding hydrogens is 991 g/mol. The van der Waals surface area contributed by atoms with Crippen molar-refractivity contribution in [2.75, 3.05) is 32.8 Å². The normalized spacial score (nSPS) is 13.0. The number of ether oxygens (including phenoxy) is 1. The van der Waals surface area contributed by atoms with Crippen LogP contribution in [0.4, 0.5) is 0 Å². The van der Waals surface area contributed by atoms with Crippen LogP contribution in [0.5, 0.6) is 0 Å². The second-order valence-corrected chi connectivity index (χ2v) is 20.3. The highest BCUT2D eigenvalue weighted by Crippen LogP contribution is 2.37. The fourth-order valence-corrected chi connectivity index (χ4v) is 10.0. The Balaban J connectivity index is 0.000000206. The van der Waals surface area contributed by atoms with Gasteiger partial charge in [-0.25, -0.2) is 9.36 Å². The molecule has 4 aromatic heterocycles. The molecule has 0 spiro atoms. The molecule has 17 heteroatoms. The van der Waals surface area contributed by atoms with Crippen molar-refractivity contribution in [1.29, 1.82) is 0 Å². The van der Waals surface area contributed by atoms with Crippen LogP contribution in [-0.4, -0.2) is 70.3 Å². The number of unbranched alkanes of at least 4 members (excludes halogenated alkanes) is 2. The number of nitrogens with zero attached hydrogens (tertiary/aromatic N) is 4. The molecule has 2 aromatic carbocycles. The van der Waals surface area contributed by atoms with Crippen LogP contribution < -0.4 is 22.1 Å². The van der Waals surface area contributed by atoms with E-state index >= 15 is 0 Å². The van der Waals surface area contributed by atoms with Gasteiger partial charge in [-0.1, -0.05) is 96.3 Å². The van der Waals surface area contributed by atoms with Crippen molar-refractivity contribution in [3.05, 3.63) is 113 Å². The molecule has 2 saturated heterocycles. The highest BCUT2D eigenvalue weighted by Gasteiger charge is 2.24. The lowest BCUT2D eigenvalue weighted by Gasteiger charge is -2.09. The Hall–Kier alpha value is -4.64. The smallest absolute Gasteiger partial charge is 0.269 e. The topological polar surface area (TPSA) is 155 Å². The summed E-state index contributed by atoms with van der Waals surface area (Å²) < 4.78 is 8.71. The molecule has 6 N–H and O–H groups in total. The number of aromatic nitrogens is 4. The van der Waals surface area contributed by atoms with Crippen LogP contribution in [0.3, 0.4) is 0 Å². The molecule has 69 heavy (non-hydrogen) atoms. The van der Waals surface area contributed by atoms with Gasteiger partial charge in [0.25, 0.3) is 11.8 Å². The number of primary amides is 2. The van der Waals surface area contributed by atoms with Gasteiger partial charge >= 0.3 is 0 Å². The molecule has 6 aromatic rings. The van der Waals surface area contributed by atoms with E-state index in [4.69, 9.17) is 62.6 Å². The average molecular weight is 1050 g/mol. The maximum atomic E-state index is 11.9. The molecular formula is C52H60Cl4N8O3S2. The molecule has 6 heterocycles. The Morgan fingerprint density at radius 1 is 0.681 bits per heavy atom. The number of hydrogen-bond donors (Lipinski definition) is 4. The molecule has 8 rings (SSSR count). The molecule has 0 atom stereocenters. The summed E-state index contributed by atoms with van der Waals surface area (Å²) >= 11 is 27.8. The van der Waals surface area contributed by atoms with Crippen molar-refractivity contribution in [1.82, 2.24) is 30.2 Å². The molecule has 0 bridgehead atoms. The van der Waals surface area contributed by atoms with E-state index in [1.165, 1.54) is 76.0 Å². The molecule has 0 radical (unpaired) electrons. The summed E-state index contributed by atoms with van der Waals surface area (Å²) in [6.45, 7) is 15.1. The first-order valence-corrected chi connectivity index (χ1v) is 26.2. The van der Waals surface area contributed by atoms with Crippen LogP contribution in [0.2, 0.25) is 20.1 Å². The van der Waals surface area contributed by atoms with E-state index < -0.39 is 11.8 Å². The van der Waals surface area contributed by atoms with Gasteiger partial charge in [0.2, 0.25) is 0 Å². The molecule has 2 aliphatic heterocycles. The second-order valence-electron chi connectivity index (χ2n) is 16.4. The monoisotopic (exact) mass is 1050 g/mol. The van der Waals surface area contributed by atoms with Crippen LogP contribution in [0.1, 0.15) is 120 Å². The standard InChI is InChI=1S/C21H19Cl2N3O2S.C21H19Cl2N3OS.2C5H11N/c1-12(2)28-10-4-5-15-7-9-18(29-15)20-13(3)19(21(24)27)25-26(20)17-8-6-14(22)11-16(17)23;1-3-4-5-6-7-15-9-11-18(28-15)20-13(2)19(21(24)27)25-26(20)17-10-8-14(22)12-16(17)23;2*1-2-4-6-5-3-1/h6-9,11-12H,10H2,1-3H3,(H2,24,27);8-12H,3-5H2,1-2H3,(H2,24,27);2*6H,1-5H2. The third kappa shape index (κ3) is 16.5. The van der Waals surface area contributed by atoms with Crippen LogP contribution in [0.25, 0.3) is 32.5 Å². The van der Waals surface area contributed by atoms with Crippen molar-refractivity contribution < 1.29 is 14.3 Å². The van der Waals surface area contributed by atoms with Crippen molar-refractivity contribution in [3.8, 4) is 56.2 Å². The van der Waals surface area contributed by atoms with E-state index in [0.717, 1.165) is 50.2 Å². The highest BCUT2D eigenvalue weighted by atomic mass is 35.5. The molecule has 11 nitrogen and oxygen atoms in total. The minimum Gasteiger partial charge on any atom is -0.366 e. The summed E-state index contributed by atoms with van der Waals surface area (Å²) in [6.07, 6.45) is 11.7. The highest BCUT2D eigenvalue weighted by molar-refractivity contribution is 7.16. The van der Waals surface area contributed by atoms with E-state index in [2.05, 4.69) is 51.4 Å². The number of halogens is 4. The SMILES string of the molecule is C1CCNCC1.C1CCNCC1.CCCCC#Cc1ccc(-c2c(C)c(C(N)=O)nn2-c2ccc(Cl)cc2Cl)s1.Cc1c(C(N)=O)nn(-c2ccc(Cl)cc2Cl)c1-c1ccc(C#CCOC(C)C)s1. The van der Waals surface area contributed by atoms with E-state index in [1.54, 1.807) is 57.1 Å². The Morgan fingerprint density at radius 3 is 1.46 bits per heavy atom. The van der Waals surface area contributed by atoms with E-state index in [0.29, 0.717) is 49.2 Å². The minimum atomic E-state index is -0.602. The van der Waals surface area contributed by atoms with E-state index in [1.807, 2.05) is 52.0 Å².